The summed E-state index contributed by atoms with van der Waals surface area (Å²) >= 11 is 6.02. The third kappa shape index (κ3) is 1.72. The number of rotatable bonds is 2. The topological polar surface area (TPSA) is 53.1 Å². The maximum absolute atomic E-state index is 6.02. The number of halogens is 1. The van der Waals surface area contributed by atoms with Gasteiger partial charge in [0.2, 0.25) is 5.95 Å². The molecule has 2 aromatic rings. The van der Waals surface area contributed by atoms with Crippen LogP contribution in [0.25, 0.3) is 11.3 Å². The summed E-state index contributed by atoms with van der Waals surface area (Å²) in [6.07, 6.45) is 0. The van der Waals surface area contributed by atoms with Crippen molar-refractivity contribution in [3.05, 3.63) is 29.4 Å². The number of nitrogens with zero attached hydrogens (tertiary/aromatic N) is 2. The van der Waals surface area contributed by atoms with Crippen LogP contribution in [0.15, 0.2) is 24.3 Å². The smallest absolute Gasteiger partial charge is 0.201 e. The average Bonchev–Trinajstić information content (AvgIpc) is 2.54. The minimum Gasteiger partial charge on any atom is -0.497 e. The molecule has 1 aromatic heterocycles. The summed E-state index contributed by atoms with van der Waals surface area (Å²) in [5.41, 5.74) is 7.44. The number of nitrogen functional groups attached to an aromatic ring is 1. The van der Waals surface area contributed by atoms with Gasteiger partial charge in [0.15, 0.2) is 5.15 Å². The van der Waals surface area contributed by atoms with Gasteiger partial charge in [-0.3, -0.25) is 0 Å². The third-order valence-electron chi connectivity index (χ3n) is 2.45. The van der Waals surface area contributed by atoms with Crippen molar-refractivity contribution < 1.29 is 4.74 Å². The molecule has 5 heteroatoms. The lowest BCUT2D eigenvalue weighted by molar-refractivity contribution is 0.415. The van der Waals surface area contributed by atoms with Gasteiger partial charge in [0.05, 0.1) is 12.8 Å². The van der Waals surface area contributed by atoms with Crippen LogP contribution in [0.4, 0.5) is 5.95 Å². The van der Waals surface area contributed by atoms with E-state index in [1.807, 2.05) is 31.3 Å². The quantitative estimate of drug-likeness (QED) is 0.872. The highest BCUT2D eigenvalue weighted by Gasteiger charge is 2.12. The first-order chi connectivity index (χ1) is 7.63. The number of anilines is 1. The maximum atomic E-state index is 6.02. The molecule has 2 rings (SSSR count). The molecule has 16 heavy (non-hydrogen) atoms. The van der Waals surface area contributed by atoms with Crippen LogP contribution in [0, 0.1) is 0 Å². The fourth-order valence-electron chi connectivity index (χ4n) is 1.54. The van der Waals surface area contributed by atoms with Crippen molar-refractivity contribution in [1.82, 2.24) is 9.55 Å². The predicted octanol–water partition coefficient (Wildman–Crippen LogP) is 2.33. The lowest BCUT2D eigenvalue weighted by atomic mass is 10.1. The molecule has 0 saturated heterocycles. The van der Waals surface area contributed by atoms with E-state index >= 15 is 0 Å². The van der Waals surface area contributed by atoms with Gasteiger partial charge in [-0.1, -0.05) is 11.6 Å². The molecule has 1 heterocycles. The zero-order chi connectivity index (χ0) is 11.7. The van der Waals surface area contributed by atoms with E-state index in [-0.39, 0.29) is 0 Å². The molecule has 0 atom stereocenters. The molecule has 0 aliphatic carbocycles. The Morgan fingerprint density at radius 2 is 1.94 bits per heavy atom. The van der Waals surface area contributed by atoms with Crippen molar-refractivity contribution >= 4 is 17.5 Å². The first kappa shape index (κ1) is 10.8. The van der Waals surface area contributed by atoms with Crippen molar-refractivity contribution in [3.63, 3.8) is 0 Å². The fraction of sp³-hybridized carbons (Fsp3) is 0.182. The lowest BCUT2D eigenvalue weighted by Gasteiger charge is -2.05. The summed E-state index contributed by atoms with van der Waals surface area (Å²) in [6, 6.07) is 7.58. The van der Waals surface area contributed by atoms with Crippen molar-refractivity contribution in [2.24, 2.45) is 7.05 Å². The van der Waals surface area contributed by atoms with E-state index in [2.05, 4.69) is 4.98 Å². The average molecular weight is 238 g/mol. The minimum atomic E-state index is 0.399. The number of aromatic nitrogens is 2. The molecule has 0 radical (unpaired) electrons. The second-order valence-electron chi connectivity index (χ2n) is 3.40. The molecule has 4 nitrogen and oxygen atoms in total. The molecule has 0 aliphatic rings. The van der Waals surface area contributed by atoms with Gasteiger partial charge < -0.3 is 15.0 Å². The number of benzene rings is 1. The van der Waals surface area contributed by atoms with Crippen LogP contribution < -0.4 is 10.5 Å². The monoisotopic (exact) mass is 237 g/mol. The van der Waals surface area contributed by atoms with Gasteiger partial charge in [-0.25, -0.2) is 4.98 Å². The van der Waals surface area contributed by atoms with E-state index in [0.29, 0.717) is 11.1 Å². The maximum Gasteiger partial charge on any atom is 0.201 e. The van der Waals surface area contributed by atoms with Gasteiger partial charge in [0, 0.05) is 12.6 Å². The Morgan fingerprint density at radius 3 is 2.38 bits per heavy atom. The van der Waals surface area contributed by atoms with Gasteiger partial charge in [-0.2, -0.15) is 0 Å². The van der Waals surface area contributed by atoms with E-state index in [0.717, 1.165) is 17.0 Å². The van der Waals surface area contributed by atoms with Gasteiger partial charge in [0.25, 0.3) is 0 Å². The number of nitrogens with two attached hydrogens (primary N) is 1. The van der Waals surface area contributed by atoms with Gasteiger partial charge in [-0.05, 0) is 24.3 Å². The molecular weight excluding hydrogens is 226 g/mol. The van der Waals surface area contributed by atoms with Crippen LogP contribution >= 0.6 is 11.6 Å². The lowest BCUT2D eigenvalue weighted by Crippen LogP contribution is -1.98. The molecule has 0 fully saturated rings. The standard InChI is InChI=1S/C11H12ClN3O/c1-15-9(10(12)14-11(15)13)7-3-5-8(16-2)6-4-7/h3-6H,1-2H3,(H2,13,14). The molecule has 2 N–H and O–H groups in total. The molecule has 0 unspecified atom stereocenters. The Labute approximate surface area is 98.6 Å². The van der Waals surface area contributed by atoms with Crippen LogP contribution in [-0.2, 0) is 7.05 Å². The largest absolute Gasteiger partial charge is 0.497 e. The Hall–Kier alpha value is -1.68. The van der Waals surface area contributed by atoms with Crippen molar-refractivity contribution in [1.29, 1.82) is 0 Å². The molecular formula is C11H12ClN3O. The van der Waals surface area contributed by atoms with Crippen LogP contribution in [0.3, 0.4) is 0 Å². The number of imidazole rings is 1. The molecule has 0 bridgehead atoms. The van der Waals surface area contributed by atoms with Crippen LogP contribution in [0.2, 0.25) is 5.15 Å². The minimum absolute atomic E-state index is 0.399. The molecule has 0 amide bonds. The second-order valence-corrected chi connectivity index (χ2v) is 3.75. The van der Waals surface area contributed by atoms with Gasteiger partial charge in [0.1, 0.15) is 5.75 Å². The van der Waals surface area contributed by atoms with Gasteiger partial charge in [-0.15, -0.1) is 0 Å². The summed E-state index contributed by atoms with van der Waals surface area (Å²) in [7, 11) is 3.46. The molecule has 0 saturated carbocycles. The molecule has 0 aliphatic heterocycles. The Kier molecular flexibility index (Phi) is 2.75. The number of ether oxygens (including phenoxy) is 1. The molecule has 0 spiro atoms. The summed E-state index contributed by atoms with van der Waals surface area (Å²) in [6.45, 7) is 0. The zero-order valence-electron chi connectivity index (χ0n) is 9.07. The Balaban J connectivity index is 2.50. The zero-order valence-corrected chi connectivity index (χ0v) is 9.82. The summed E-state index contributed by atoms with van der Waals surface area (Å²) in [5.74, 6) is 1.20. The first-order valence-corrected chi connectivity index (χ1v) is 5.13. The summed E-state index contributed by atoms with van der Waals surface area (Å²) in [4.78, 5) is 4.00. The fourth-order valence-corrected chi connectivity index (χ4v) is 1.87. The molecule has 1 aromatic carbocycles. The van der Waals surface area contributed by atoms with Crippen LogP contribution in [0.5, 0.6) is 5.75 Å². The Morgan fingerprint density at radius 1 is 1.31 bits per heavy atom. The van der Waals surface area contributed by atoms with Crippen LogP contribution in [-0.4, -0.2) is 16.7 Å². The van der Waals surface area contributed by atoms with Gasteiger partial charge >= 0.3 is 0 Å². The third-order valence-corrected chi connectivity index (χ3v) is 2.71. The molecule has 84 valence electrons. The highest BCUT2D eigenvalue weighted by Crippen LogP contribution is 2.29. The van der Waals surface area contributed by atoms with E-state index in [1.165, 1.54) is 0 Å². The highest BCUT2D eigenvalue weighted by molar-refractivity contribution is 6.32. The first-order valence-electron chi connectivity index (χ1n) is 4.75. The van der Waals surface area contributed by atoms with E-state index < -0.39 is 0 Å². The normalized spacial score (nSPS) is 10.4. The summed E-state index contributed by atoms with van der Waals surface area (Å²) < 4.78 is 6.84. The second kappa shape index (κ2) is 4.06. The van der Waals surface area contributed by atoms with Crippen molar-refractivity contribution in [3.8, 4) is 17.0 Å². The van der Waals surface area contributed by atoms with Crippen LogP contribution in [0.1, 0.15) is 0 Å². The predicted molar refractivity (Wildman–Crippen MR) is 64.6 cm³/mol. The Bertz CT molecular complexity index is 505. The van der Waals surface area contributed by atoms with E-state index in [9.17, 15) is 0 Å². The highest BCUT2D eigenvalue weighted by atomic mass is 35.5. The number of hydrogen-bond donors (Lipinski definition) is 1. The van der Waals surface area contributed by atoms with E-state index in [1.54, 1.807) is 11.7 Å². The number of hydrogen-bond acceptors (Lipinski definition) is 3. The van der Waals surface area contributed by atoms with E-state index in [4.69, 9.17) is 22.1 Å². The number of methoxy groups -OCH3 is 1. The van der Waals surface area contributed by atoms with Crippen molar-refractivity contribution in [2.75, 3.05) is 12.8 Å². The van der Waals surface area contributed by atoms with Crippen molar-refractivity contribution in [2.45, 2.75) is 0 Å². The SMILES string of the molecule is COc1ccc(-c2c(Cl)nc(N)n2C)cc1. The summed E-state index contributed by atoms with van der Waals surface area (Å²) in [5, 5.41) is 0.408.